The summed E-state index contributed by atoms with van der Waals surface area (Å²) in [4.78, 5) is 15.0. The highest BCUT2D eigenvalue weighted by Gasteiger charge is 2.28. The summed E-state index contributed by atoms with van der Waals surface area (Å²) in [6.45, 7) is 5.38. The Bertz CT molecular complexity index is 876. The number of benzene rings is 2. The lowest BCUT2D eigenvalue weighted by Crippen LogP contribution is -2.34. The minimum absolute atomic E-state index is 0.0976. The molecule has 1 atom stereocenters. The van der Waals surface area contributed by atoms with Crippen molar-refractivity contribution in [2.75, 3.05) is 13.1 Å². The van der Waals surface area contributed by atoms with Crippen molar-refractivity contribution in [2.45, 2.75) is 24.3 Å². The number of amides is 1. The van der Waals surface area contributed by atoms with Gasteiger partial charge in [-0.1, -0.05) is 72.4 Å². The SMILES string of the molecule is CCN(CC)C(=O)[C@@H](Sc1nnc(-c2ccccc2)n1C)c1ccccc1. The number of carbonyl (C=O) groups excluding carboxylic acids is 1. The fraction of sp³-hybridized carbons (Fsp3) is 0.286. The third-order valence-corrected chi connectivity index (χ3v) is 5.77. The summed E-state index contributed by atoms with van der Waals surface area (Å²) in [6, 6.07) is 19.8. The molecule has 2 aromatic carbocycles. The average Bonchev–Trinajstić information content (AvgIpc) is 3.08. The van der Waals surface area contributed by atoms with Crippen molar-refractivity contribution in [3.63, 3.8) is 0 Å². The first-order valence-electron chi connectivity index (χ1n) is 9.10. The molecule has 0 unspecified atom stereocenters. The van der Waals surface area contributed by atoms with Crippen LogP contribution in [-0.4, -0.2) is 38.7 Å². The van der Waals surface area contributed by atoms with Crippen molar-refractivity contribution < 1.29 is 4.79 Å². The Balaban J connectivity index is 1.93. The van der Waals surface area contributed by atoms with Crippen molar-refractivity contribution in [1.29, 1.82) is 0 Å². The summed E-state index contributed by atoms with van der Waals surface area (Å²) in [5.74, 6) is 0.890. The van der Waals surface area contributed by atoms with E-state index in [1.807, 2.05) is 91.0 Å². The molecule has 1 heterocycles. The van der Waals surface area contributed by atoms with Gasteiger partial charge < -0.3 is 9.47 Å². The Morgan fingerprint density at radius 3 is 2.19 bits per heavy atom. The van der Waals surface area contributed by atoms with Crippen molar-refractivity contribution in [3.8, 4) is 11.4 Å². The molecule has 0 N–H and O–H groups in total. The van der Waals surface area contributed by atoms with Crippen LogP contribution in [0.4, 0.5) is 0 Å². The van der Waals surface area contributed by atoms with Crippen molar-refractivity contribution in [1.82, 2.24) is 19.7 Å². The van der Waals surface area contributed by atoms with Crippen molar-refractivity contribution in [2.24, 2.45) is 7.05 Å². The van der Waals surface area contributed by atoms with Crippen LogP contribution in [0.2, 0.25) is 0 Å². The van der Waals surface area contributed by atoms with E-state index in [4.69, 9.17) is 0 Å². The third-order valence-electron chi connectivity index (χ3n) is 4.49. The van der Waals surface area contributed by atoms with Crippen LogP contribution in [0.15, 0.2) is 65.8 Å². The fourth-order valence-corrected chi connectivity index (χ4v) is 4.04. The molecule has 1 aromatic heterocycles. The number of aromatic nitrogens is 3. The number of hydrogen-bond acceptors (Lipinski definition) is 4. The zero-order valence-electron chi connectivity index (χ0n) is 15.9. The number of thioether (sulfide) groups is 1. The van der Waals surface area contributed by atoms with E-state index in [0.29, 0.717) is 13.1 Å². The zero-order chi connectivity index (χ0) is 19.2. The Hall–Kier alpha value is -2.60. The molecule has 0 aliphatic carbocycles. The van der Waals surface area contributed by atoms with Gasteiger partial charge in [-0.05, 0) is 19.4 Å². The topological polar surface area (TPSA) is 51.0 Å². The molecular weight excluding hydrogens is 356 g/mol. The van der Waals surface area contributed by atoms with Gasteiger partial charge in [0.15, 0.2) is 11.0 Å². The minimum atomic E-state index is -0.349. The fourth-order valence-electron chi connectivity index (χ4n) is 2.95. The monoisotopic (exact) mass is 380 g/mol. The van der Waals surface area contributed by atoms with Gasteiger partial charge in [0.1, 0.15) is 5.25 Å². The second kappa shape index (κ2) is 8.86. The van der Waals surface area contributed by atoms with Crippen LogP contribution < -0.4 is 0 Å². The highest BCUT2D eigenvalue weighted by molar-refractivity contribution is 8.00. The number of rotatable bonds is 7. The van der Waals surface area contributed by atoms with Crippen LogP contribution in [0.3, 0.4) is 0 Å². The third kappa shape index (κ3) is 4.22. The molecule has 0 aliphatic heterocycles. The molecule has 0 radical (unpaired) electrons. The highest BCUT2D eigenvalue weighted by atomic mass is 32.2. The summed E-state index contributed by atoms with van der Waals surface area (Å²) < 4.78 is 1.95. The van der Waals surface area contributed by atoms with E-state index < -0.39 is 0 Å². The molecule has 0 fully saturated rings. The Kier molecular flexibility index (Phi) is 6.29. The predicted molar refractivity (Wildman–Crippen MR) is 109 cm³/mol. The van der Waals surface area contributed by atoms with E-state index >= 15 is 0 Å². The maximum absolute atomic E-state index is 13.1. The van der Waals surface area contributed by atoms with Gasteiger partial charge in [-0.2, -0.15) is 0 Å². The van der Waals surface area contributed by atoms with E-state index in [1.165, 1.54) is 11.8 Å². The van der Waals surface area contributed by atoms with E-state index in [9.17, 15) is 4.79 Å². The smallest absolute Gasteiger partial charge is 0.240 e. The van der Waals surface area contributed by atoms with Crippen LogP contribution in [0.5, 0.6) is 0 Å². The molecular formula is C21H24N4OS. The first kappa shape index (κ1) is 19.2. The maximum Gasteiger partial charge on any atom is 0.240 e. The second-order valence-electron chi connectivity index (χ2n) is 6.15. The lowest BCUT2D eigenvalue weighted by molar-refractivity contribution is -0.130. The molecule has 1 amide bonds. The lowest BCUT2D eigenvalue weighted by Gasteiger charge is -2.24. The summed E-state index contributed by atoms with van der Waals surface area (Å²) >= 11 is 1.45. The van der Waals surface area contributed by atoms with E-state index in [2.05, 4.69) is 10.2 Å². The standard InChI is InChI=1S/C21H24N4OS/c1-4-25(5-2)20(26)18(16-12-8-6-9-13-16)27-21-23-22-19(24(21)3)17-14-10-7-11-15-17/h6-15,18H,4-5H2,1-3H3/t18-/m0/s1. The molecule has 0 saturated heterocycles. The Morgan fingerprint density at radius 2 is 1.59 bits per heavy atom. The van der Waals surface area contributed by atoms with Gasteiger partial charge in [0.05, 0.1) is 0 Å². The number of carbonyl (C=O) groups is 1. The first-order chi connectivity index (χ1) is 13.2. The maximum atomic E-state index is 13.1. The van der Waals surface area contributed by atoms with E-state index in [-0.39, 0.29) is 11.2 Å². The largest absolute Gasteiger partial charge is 0.342 e. The van der Waals surface area contributed by atoms with Crippen LogP contribution in [-0.2, 0) is 11.8 Å². The van der Waals surface area contributed by atoms with Gasteiger partial charge in [0, 0.05) is 25.7 Å². The first-order valence-corrected chi connectivity index (χ1v) is 9.98. The van der Waals surface area contributed by atoms with Gasteiger partial charge in [-0.3, -0.25) is 4.79 Å². The minimum Gasteiger partial charge on any atom is -0.342 e. The molecule has 0 bridgehead atoms. The van der Waals surface area contributed by atoms with Crippen LogP contribution in [0, 0.1) is 0 Å². The molecule has 3 rings (SSSR count). The number of likely N-dealkylation sites (N-methyl/N-ethyl adjacent to an activating group) is 1. The molecule has 0 saturated carbocycles. The van der Waals surface area contributed by atoms with Gasteiger partial charge in [-0.15, -0.1) is 10.2 Å². The quantitative estimate of drug-likeness (QED) is 0.577. The zero-order valence-corrected chi connectivity index (χ0v) is 16.7. The second-order valence-corrected chi connectivity index (χ2v) is 7.22. The molecule has 3 aromatic rings. The van der Waals surface area contributed by atoms with Crippen LogP contribution >= 0.6 is 11.8 Å². The Labute approximate surface area is 164 Å². The van der Waals surface area contributed by atoms with E-state index in [0.717, 1.165) is 22.1 Å². The van der Waals surface area contributed by atoms with E-state index in [1.54, 1.807) is 0 Å². The number of hydrogen-bond donors (Lipinski definition) is 0. The molecule has 5 nitrogen and oxygen atoms in total. The average molecular weight is 381 g/mol. The summed E-state index contributed by atoms with van der Waals surface area (Å²) in [5, 5.41) is 9.08. The molecule has 27 heavy (non-hydrogen) atoms. The normalized spacial score (nSPS) is 12.0. The molecule has 0 aliphatic rings. The highest BCUT2D eigenvalue weighted by Crippen LogP contribution is 2.36. The molecule has 6 heteroatoms. The van der Waals surface area contributed by atoms with Gasteiger partial charge >= 0.3 is 0 Å². The summed E-state index contributed by atoms with van der Waals surface area (Å²) in [6.07, 6.45) is 0. The van der Waals surface area contributed by atoms with Crippen LogP contribution in [0.25, 0.3) is 11.4 Å². The van der Waals surface area contributed by atoms with Gasteiger partial charge in [-0.25, -0.2) is 0 Å². The summed E-state index contributed by atoms with van der Waals surface area (Å²) in [7, 11) is 1.94. The van der Waals surface area contributed by atoms with Crippen molar-refractivity contribution >= 4 is 17.7 Å². The predicted octanol–water partition coefficient (Wildman–Crippen LogP) is 4.18. The van der Waals surface area contributed by atoms with Gasteiger partial charge in [0.2, 0.25) is 5.91 Å². The molecule has 0 spiro atoms. The van der Waals surface area contributed by atoms with Crippen molar-refractivity contribution in [3.05, 3.63) is 66.2 Å². The lowest BCUT2D eigenvalue weighted by atomic mass is 10.1. The summed E-state index contributed by atoms with van der Waals surface area (Å²) in [5.41, 5.74) is 1.98. The van der Waals surface area contributed by atoms with Crippen LogP contribution in [0.1, 0.15) is 24.7 Å². The van der Waals surface area contributed by atoms with Gasteiger partial charge in [0.25, 0.3) is 0 Å². The Morgan fingerprint density at radius 1 is 1.00 bits per heavy atom. The number of nitrogens with zero attached hydrogens (tertiary/aromatic N) is 4. The molecule has 140 valence electrons.